The van der Waals surface area contributed by atoms with Crippen LogP contribution < -0.4 is 15.0 Å². The molecule has 13 heteroatoms. The lowest BCUT2D eigenvalue weighted by atomic mass is 9.92. The van der Waals surface area contributed by atoms with E-state index in [4.69, 9.17) is 18.9 Å². The number of rotatable bonds is 14. The second-order valence-electron chi connectivity index (χ2n) is 15.1. The van der Waals surface area contributed by atoms with E-state index in [1.54, 1.807) is 12.1 Å². The Labute approximate surface area is 324 Å². The third-order valence-electron chi connectivity index (χ3n) is 11.4. The van der Waals surface area contributed by atoms with Gasteiger partial charge < -0.3 is 33.7 Å². The second kappa shape index (κ2) is 15.1. The number of nitrogens with one attached hydrogen (secondary N) is 1. The molecule has 288 valence electrons. The standard InChI is InChI=1S/C43H44N6O7/c1-26-3-9-38(41(50)46-26)49-42(51)34-8-6-30(18-35(34)43(49)52)48-23-27(24-48)25-54-14-13-53-15-16-55-31-19-32(20-31)56-40-10-5-29(21-45-40)28-4-7-33-36-22-44-12-11-37(36)47(2)39(33)17-28/h4-8,10-12,17-18,21-22,27,31-32,38H,1,3,9,13-16,19-20,23-25H2,2H3,(H,46,50). The highest BCUT2D eigenvalue weighted by molar-refractivity contribution is 6.23. The summed E-state index contributed by atoms with van der Waals surface area (Å²) in [4.78, 5) is 50.9. The van der Waals surface area contributed by atoms with E-state index in [1.165, 1.54) is 5.39 Å². The lowest BCUT2D eigenvalue weighted by molar-refractivity contribution is -0.125. The van der Waals surface area contributed by atoms with Crippen molar-refractivity contribution in [3.63, 3.8) is 0 Å². The highest BCUT2D eigenvalue weighted by atomic mass is 16.6. The number of nitrogens with zero attached hydrogens (tertiary/aromatic N) is 5. The number of anilines is 1. The molecule has 56 heavy (non-hydrogen) atoms. The van der Waals surface area contributed by atoms with E-state index in [9.17, 15) is 14.4 Å². The van der Waals surface area contributed by atoms with Crippen molar-refractivity contribution in [2.45, 2.75) is 43.9 Å². The van der Waals surface area contributed by atoms with Crippen LogP contribution in [0.2, 0.25) is 0 Å². The summed E-state index contributed by atoms with van der Waals surface area (Å²) in [5, 5.41) is 5.01. The van der Waals surface area contributed by atoms with Crippen LogP contribution in [-0.4, -0.2) is 102 Å². The molecule has 1 saturated carbocycles. The van der Waals surface area contributed by atoms with Gasteiger partial charge in [-0.2, -0.15) is 0 Å². The molecule has 3 amide bonds. The topological polar surface area (TPSA) is 137 Å². The summed E-state index contributed by atoms with van der Waals surface area (Å²) in [5.41, 5.74) is 6.64. The van der Waals surface area contributed by atoms with Crippen LogP contribution in [0.3, 0.4) is 0 Å². The van der Waals surface area contributed by atoms with E-state index in [0.717, 1.165) is 64.1 Å². The molecular weight excluding hydrogens is 713 g/mol. The minimum atomic E-state index is -0.813. The Morgan fingerprint density at radius 1 is 0.821 bits per heavy atom. The van der Waals surface area contributed by atoms with Crippen LogP contribution in [0, 0.1) is 5.92 Å². The van der Waals surface area contributed by atoms with Gasteiger partial charge in [0, 0.05) is 96.8 Å². The summed E-state index contributed by atoms with van der Waals surface area (Å²) < 4.78 is 25.8. The van der Waals surface area contributed by atoms with Crippen molar-refractivity contribution in [2.24, 2.45) is 13.0 Å². The average molecular weight is 757 g/mol. The van der Waals surface area contributed by atoms with Crippen molar-refractivity contribution < 1.29 is 33.3 Å². The van der Waals surface area contributed by atoms with Gasteiger partial charge in [-0.1, -0.05) is 18.7 Å². The van der Waals surface area contributed by atoms with Gasteiger partial charge in [-0.15, -0.1) is 0 Å². The van der Waals surface area contributed by atoms with Gasteiger partial charge in [0.15, 0.2) is 0 Å². The molecule has 0 bridgehead atoms. The predicted molar refractivity (Wildman–Crippen MR) is 209 cm³/mol. The number of ether oxygens (including phenoxy) is 4. The van der Waals surface area contributed by atoms with Crippen LogP contribution in [0.15, 0.2) is 85.5 Å². The number of hydrogen-bond donors (Lipinski definition) is 1. The van der Waals surface area contributed by atoms with Crippen LogP contribution in [0.5, 0.6) is 5.88 Å². The van der Waals surface area contributed by atoms with Crippen LogP contribution in [0.1, 0.15) is 46.4 Å². The lowest BCUT2D eigenvalue weighted by Gasteiger charge is -2.41. The van der Waals surface area contributed by atoms with Crippen molar-refractivity contribution in [1.29, 1.82) is 0 Å². The molecule has 1 N–H and O–H groups in total. The second-order valence-corrected chi connectivity index (χ2v) is 15.1. The first kappa shape index (κ1) is 36.0. The molecular formula is C43H44N6O7. The maximum Gasteiger partial charge on any atom is 0.262 e. The number of amides is 3. The van der Waals surface area contributed by atoms with Gasteiger partial charge >= 0.3 is 0 Å². The first-order valence-electron chi connectivity index (χ1n) is 19.3. The lowest BCUT2D eigenvalue weighted by Crippen LogP contribution is -2.51. The first-order chi connectivity index (χ1) is 27.3. The molecule has 6 heterocycles. The zero-order chi connectivity index (χ0) is 38.3. The van der Waals surface area contributed by atoms with Gasteiger partial charge in [0.1, 0.15) is 12.1 Å². The molecule has 3 aliphatic heterocycles. The smallest absolute Gasteiger partial charge is 0.262 e. The minimum Gasteiger partial charge on any atom is -0.474 e. The maximum atomic E-state index is 13.2. The van der Waals surface area contributed by atoms with Gasteiger partial charge in [-0.05, 0) is 54.8 Å². The first-order valence-corrected chi connectivity index (χ1v) is 19.3. The number of carbonyl (C=O) groups excluding carboxylic acids is 3. The van der Waals surface area contributed by atoms with Gasteiger partial charge in [0.25, 0.3) is 11.8 Å². The number of pyridine rings is 2. The molecule has 2 saturated heterocycles. The molecule has 0 spiro atoms. The van der Waals surface area contributed by atoms with Crippen molar-refractivity contribution in [1.82, 2.24) is 24.8 Å². The maximum absolute atomic E-state index is 13.2. The Hall–Kier alpha value is -5.63. The third-order valence-corrected chi connectivity index (χ3v) is 11.4. The average Bonchev–Trinajstić information content (AvgIpc) is 3.60. The molecule has 9 rings (SSSR count). The number of piperidine rings is 1. The van der Waals surface area contributed by atoms with Crippen molar-refractivity contribution in [2.75, 3.05) is 51.0 Å². The van der Waals surface area contributed by atoms with Crippen molar-refractivity contribution in [3.05, 3.63) is 96.6 Å². The molecule has 4 aliphatic rings. The van der Waals surface area contributed by atoms with Gasteiger partial charge in [-0.25, -0.2) is 4.98 Å². The van der Waals surface area contributed by atoms with E-state index in [1.807, 2.05) is 36.8 Å². The molecule has 1 aliphatic carbocycles. The van der Waals surface area contributed by atoms with Crippen LogP contribution in [0.25, 0.3) is 32.9 Å². The largest absolute Gasteiger partial charge is 0.474 e. The van der Waals surface area contributed by atoms with Crippen LogP contribution in [-0.2, 0) is 26.1 Å². The van der Waals surface area contributed by atoms with E-state index in [-0.39, 0.29) is 18.1 Å². The van der Waals surface area contributed by atoms with Gasteiger partial charge in [-0.3, -0.25) is 24.3 Å². The monoisotopic (exact) mass is 756 g/mol. The van der Waals surface area contributed by atoms with Gasteiger partial charge in [0.2, 0.25) is 11.8 Å². The number of aromatic nitrogens is 3. The van der Waals surface area contributed by atoms with Crippen LogP contribution in [0.4, 0.5) is 5.69 Å². The Bertz CT molecular complexity index is 2330. The Morgan fingerprint density at radius 3 is 2.45 bits per heavy atom. The molecule has 1 atom stereocenters. The molecule has 3 fully saturated rings. The van der Waals surface area contributed by atoms with E-state index in [0.29, 0.717) is 74.5 Å². The molecule has 1 unspecified atom stereocenters. The number of allylic oxidation sites excluding steroid dienone is 1. The summed E-state index contributed by atoms with van der Waals surface area (Å²) in [5.74, 6) is -0.217. The summed E-state index contributed by atoms with van der Waals surface area (Å²) in [7, 11) is 2.08. The third kappa shape index (κ3) is 6.91. The Balaban J connectivity index is 0.631. The van der Waals surface area contributed by atoms with E-state index in [2.05, 4.69) is 62.6 Å². The predicted octanol–water partition coefficient (Wildman–Crippen LogP) is 5.27. The molecule has 0 radical (unpaired) electrons. The van der Waals surface area contributed by atoms with E-state index >= 15 is 0 Å². The summed E-state index contributed by atoms with van der Waals surface area (Å²) in [6, 6.07) is 17.0. The van der Waals surface area contributed by atoms with E-state index < -0.39 is 17.9 Å². The quantitative estimate of drug-likeness (QED) is 0.118. The van der Waals surface area contributed by atoms with Crippen LogP contribution >= 0.6 is 0 Å². The van der Waals surface area contributed by atoms with Gasteiger partial charge in [0.05, 0.1) is 55.8 Å². The fourth-order valence-electron chi connectivity index (χ4n) is 8.14. The summed E-state index contributed by atoms with van der Waals surface area (Å²) >= 11 is 0. The summed E-state index contributed by atoms with van der Waals surface area (Å²) in [6.07, 6.45) is 8.43. The summed E-state index contributed by atoms with van der Waals surface area (Å²) in [6.45, 7) is 8.01. The fourth-order valence-corrected chi connectivity index (χ4v) is 8.14. The number of imide groups is 1. The number of aryl methyl sites for hydroxylation is 1. The number of fused-ring (bicyclic) bond motifs is 4. The number of hydrogen-bond acceptors (Lipinski definition) is 10. The SMILES string of the molecule is C=C1CCC(N2C(=O)c3ccc(N4CC(COCCOCCOC5CC(Oc6ccc(-c7ccc8c9cnccc9n(C)c8c7)cn6)C5)C4)cc3C2=O)C(=O)N1. The number of carbonyl (C=O) groups is 3. The fraction of sp³-hybridized carbons (Fsp3) is 0.372. The molecule has 5 aromatic rings. The highest BCUT2D eigenvalue weighted by Gasteiger charge is 2.44. The zero-order valence-electron chi connectivity index (χ0n) is 31.3. The van der Waals surface area contributed by atoms with Crippen molar-refractivity contribution >= 4 is 45.2 Å². The zero-order valence-corrected chi connectivity index (χ0v) is 31.3. The Kier molecular flexibility index (Phi) is 9.74. The molecule has 2 aromatic carbocycles. The molecule has 13 nitrogen and oxygen atoms in total. The Morgan fingerprint density at radius 2 is 1.62 bits per heavy atom. The minimum absolute atomic E-state index is 0.0908. The molecule has 3 aromatic heterocycles. The van der Waals surface area contributed by atoms with Crippen molar-refractivity contribution in [3.8, 4) is 17.0 Å². The highest BCUT2D eigenvalue weighted by Crippen LogP contribution is 2.35. The normalized spacial score (nSPS) is 21.1. The number of benzene rings is 2.